The minimum atomic E-state index is -4.43. The molecule has 0 saturated heterocycles. The van der Waals surface area contributed by atoms with Crippen LogP contribution in [0.2, 0.25) is 0 Å². The maximum absolute atomic E-state index is 12.9. The van der Waals surface area contributed by atoms with Crippen LogP contribution in [-0.4, -0.2) is 35.7 Å². The van der Waals surface area contributed by atoms with Crippen molar-refractivity contribution in [2.75, 3.05) is 11.6 Å². The lowest BCUT2D eigenvalue weighted by Gasteiger charge is -2.16. The van der Waals surface area contributed by atoms with E-state index in [1.807, 2.05) is 0 Å². The first-order chi connectivity index (χ1) is 17.5. The van der Waals surface area contributed by atoms with E-state index in [1.165, 1.54) is 66.0 Å². The smallest absolute Gasteiger partial charge is 0.379 e. The second-order valence-corrected chi connectivity index (χ2v) is 12.8. The molecule has 1 heterocycles. The normalized spacial score (nSPS) is 16.8. The molecule has 0 bridgehead atoms. The number of thiazole rings is 1. The second kappa shape index (κ2) is 10.8. The molecule has 2 unspecified atom stereocenters. The van der Waals surface area contributed by atoms with E-state index in [0.29, 0.717) is 10.9 Å². The van der Waals surface area contributed by atoms with Crippen LogP contribution in [0.25, 0.3) is 0 Å². The summed E-state index contributed by atoms with van der Waals surface area (Å²) in [5.74, 6) is 0.374. The van der Waals surface area contributed by atoms with Crippen LogP contribution >= 0.6 is 18.9 Å². The first kappa shape index (κ1) is 26.4. The van der Waals surface area contributed by atoms with E-state index in [1.54, 1.807) is 17.7 Å². The van der Waals surface area contributed by atoms with Crippen molar-refractivity contribution in [3.8, 4) is 17.2 Å². The molecule has 1 aliphatic rings. The number of ether oxygens (including phenoxy) is 2. The monoisotopic (exact) mass is 561 g/mol. The molecule has 1 aliphatic carbocycles. The molecule has 2 N–H and O–H groups in total. The maximum Gasteiger partial charge on any atom is 0.379 e. The van der Waals surface area contributed by atoms with Gasteiger partial charge in [0.25, 0.3) is 5.91 Å². The highest BCUT2D eigenvalue weighted by molar-refractivity contribution is 7.91. The Balaban J connectivity index is 1.63. The van der Waals surface area contributed by atoms with Gasteiger partial charge in [-0.05, 0) is 48.9 Å². The minimum Gasteiger partial charge on any atom is -0.458 e. The number of nitroso groups, excluding NO2 is 1. The van der Waals surface area contributed by atoms with E-state index in [2.05, 4.69) is 15.2 Å². The zero-order chi connectivity index (χ0) is 26.6. The van der Waals surface area contributed by atoms with Crippen molar-refractivity contribution in [1.82, 2.24) is 4.98 Å². The number of hydrogen-bond donors (Lipinski definition) is 2. The standard InChI is InChI=1S/C23H20N3O8PS2/c1-37(31,32)21-7-5-16(6-8-21)33-18-11-15(22(27)25-23-24-9-10-36-23)12-19(13-18)34-17-3-2-4-20(14-17)35(29,30)26-28/h2-7,9-14,21H,8H2,1H3,(H,29,30)(H,24,25,27). The van der Waals surface area contributed by atoms with Gasteiger partial charge in [0, 0.05) is 34.4 Å². The van der Waals surface area contributed by atoms with E-state index in [4.69, 9.17) is 9.47 Å². The fourth-order valence-corrected chi connectivity index (χ4v) is 5.30. The Labute approximate surface area is 215 Å². The number of amides is 1. The van der Waals surface area contributed by atoms with E-state index >= 15 is 0 Å². The number of carbonyl (C=O) groups is 1. The fourth-order valence-electron chi connectivity index (χ4n) is 3.30. The molecule has 0 saturated carbocycles. The van der Waals surface area contributed by atoms with E-state index in [-0.39, 0.29) is 34.5 Å². The van der Waals surface area contributed by atoms with Gasteiger partial charge in [-0.3, -0.25) is 14.7 Å². The number of hydrogen-bond acceptors (Lipinski definition) is 9. The van der Waals surface area contributed by atoms with Crippen molar-refractivity contribution in [2.45, 2.75) is 11.7 Å². The molecular weight excluding hydrogens is 541 g/mol. The molecule has 4 rings (SSSR count). The van der Waals surface area contributed by atoms with Crippen molar-refractivity contribution in [3.05, 3.63) is 88.5 Å². The third-order valence-corrected chi connectivity index (χ3v) is 8.42. The number of sulfone groups is 1. The van der Waals surface area contributed by atoms with Gasteiger partial charge in [-0.15, -0.1) is 16.2 Å². The second-order valence-electron chi connectivity index (χ2n) is 7.88. The van der Waals surface area contributed by atoms with Gasteiger partial charge in [-0.2, -0.15) is 0 Å². The van der Waals surface area contributed by atoms with Gasteiger partial charge in [0.15, 0.2) is 15.0 Å². The van der Waals surface area contributed by atoms with Crippen LogP contribution in [0, 0.1) is 4.91 Å². The van der Waals surface area contributed by atoms with Crippen LogP contribution in [0.5, 0.6) is 17.2 Å². The van der Waals surface area contributed by atoms with Gasteiger partial charge >= 0.3 is 7.52 Å². The molecule has 0 aliphatic heterocycles. The molecule has 0 spiro atoms. The van der Waals surface area contributed by atoms with Gasteiger partial charge in [0.05, 0.1) is 10.6 Å². The van der Waals surface area contributed by atoms with Crippen LogP contribution in [0.3, 0.4) is 0 Å². The van der Waals surface area contributed by atoms with Gasteiger partial charge in [-0.1, -0.05) is 12.1 Å². The van der Waals surface area contributed by atoms with Gasteiger partial charge < -0.3 is 14.4 Å². The van der Waals surface area contributed by atoms with Crippen molar-refractivity contribution < 1.29 is 32.1 Å². The van der Waals surface area contributed by atoms with Crippen molar-refractivity contribution in [1.29, 1.82) is 0 Å². The Morgan fingerprint density at radius 1 is 1.19 bits per heavy atom. The number of benzene rings is 2. The molecule has 14 heteroatoms. The number of allylic oxidation sites excluding steroid dienone is 2. The van der Waals surface area contributed by atoms with Crippen molar-refractivity contribution >= 4 is 45.0 Å². The Morgan fingerprint density at radius 2 is 1.95 bits per heavy atom. The average molecular weight is 562 g/mol. The third-order valence-electron chi connectivity index (χ3n) is 5.11. The summed E-state index contributed by atoms with van der Waals surface area (Å²) in [7, 11) is -7.68. The summed E-state index contributed by atoms with van der Waals surface area (Å²) in [6.45, 7) is 0. The SMILES string of the molecule is CS(=O)(=O)C1C=CC(Oc2cc(Oc3cccc(P(=O)(O)N=O)c3)cc(C(=O)Nc3nccs3)c2)=CC1. The zero-order valence-electron chi connectivity index (χ0n) is 19.2. The molecular formula is C23H20N3O8PS2. The topological polar surface area (TPSA) is 161 Å². The summed E-state index contributed by atoms with van der Waals surface area (Å²) in [5.41, 5.74) is 0.163. The van der Waals surface area contributed by atoms with Gasteiger partial charge in [0.2, 0.25) is 0 Å². The number of anilines is 1. The Hall–Kier alpha value is -3.64. The minimum absolute atomic E-state index is 0.117. The highest BCUT2D eigenvalue weighted by Gasteiger charge is 2.23. The fraction of sp³-hybridized carbons (Fsp3) is 0.130. The molecule has 1 aromatic heterocycles. The molecule has 2 atom stereocenters. The van der Waals surface area contributed by atoms with Crippen molar-refractivity contribution in [3.63, 3.8) is 0 Å². The molecule has 37 heavy (non-hydrogen) atoms. The lowest BCUT2D eigenvalue weighted by atomic mass is 10.1. The molecule has 0 radical (unpaired) electrons. The quantitative estimate of drug-likeness (QED) is 0.285. The van der Waals surface area contributed by atoms with Crippen LogP contribution in [0.1, 0.15) is 16.8 Å². The lowest BCUT2D eigenvalue weighted by molar-refractivity contribution is 0.102. The van der Waals surface area contributed by atoms with Crippen LogP contribution < -0.4 is 20.1 Å². The highest BCUT2D eigenvalue weighted by Crippen LogP contribution is 2.41. The highest BCUT2D eigenvalue weighted by atomic mass is 32.2. The van der Waals surface area contributed by atoms with Crippen LogP contribution in [0.15, 0.2) is 83.0 Å². The summed E-state index contributed by atoms with van der Waals surface area (Å²) >= 11 is 1.24. The maximum atomic E-state index is 12.9. The largest absolute Gasteiger partial charge is 0.458 e. The molecule has 11 nitrogen and oxygen atoms in total. The van der Waals surface area contributed by atoms with Crippen LogP contribution in [0.4, 0.5) is 5.13 Å². The van der Waals surface area contributed by atoms with Gasteiger partial charge in [0.1, 0.15) is 23.0 Å². The molecule has 0 fully saturated rings. The van der Waals surface area contributed by atoms with Crippen LogP contribution in [-0.2, 0) is 14.4 Å². The molecule has 3 aromatic rings. The summed E-state index contributed by atoms with van der Waals surface area (Å²) in [6, 6.07) is 9.78. The summed E-state index contributed by atoms with van der Waals surface area (Å²) in [6.07, 6.45) is 7.63. The summed E-state index contributed by atoms with van der Waals surface area (Å²) < 4.78 is 47.2. The number of aromatic nitrogens is 1. The third kappa shape index (κ3) is 6.77. The number of nitrogens with one attached hydrogen (secondary N) is 1. The van der Waals surface area contributed by atoms with E-state index in [9.17, 15) is 27.6 Å². The number of carbonyl (C=O) groups excluding carboxylic acids is 1. The first-order valence-electron chi connectivity index (χ1n) is 10.6. The number of rotatable bonds is 9. The molecule has 2 aromatic carbocycles. The predicted molar refractivity (Wildman–Crippen MR) is 139 cm³/mol. The molecule has 1 amide bonds. The van der Waals surface area contributed by atoms with Crippen molar-refractivity contribution in [2.24, 2.45) is 4.95 Å². The zero-order valence-corrected chi connectivity index (χ0v) is 21.7. The summed E-state index contributed by atoms with van der Waals surface area (Å²) in [4.78, 5) is 39.6. The average Bonchev–Trinajstić information content (AvgIpc) is 3.37. The van der Waals surface area contributed by atoms with Gasteiger partial charge in [-0.25, -0.2) is 13.4 Å². The lowest BCUT2D eigenvalue weighted by Crippen LogP contribution is -2.19. The van der Waals surface area contributed by atoms with E-state index < -0.39 is 28.5 Å². The Kier molecular flexibility index (Phi) is 7.69. The predicted octanol–water partition coefficient (Wildman–Crippen LogP) is 4.40. The van der Waals surface area contributed by atoms with E-state index in [0.717, 1.165) is 6.26 Å². The summed E-state index contributed by atoms with van der Waals surface area (Å²) in [5, 5.41) is 3.89. The Bertz CT molecular complexity index is 1550. The Morgan fingerprint density at radius 3 is 2.57 bits per heavy atom. The first-order valence-corrected chi connectivity index (χ1v) is 15.1. The molecule has 192 valence electrons. The number of nitrogens with zero attached hydrogens (tertiary/aromatic N) is 2.